The van der Waals surface area contributed by atoms with Gasteiger partial charge in [-0.25, -0.2) is 0 Å². The summed E-state index contributed by atoms with van der Waals surface area (Å²) in [6.07, 6.45) is 2.99. The number of carbonyl (C=O) groups is 1. The van der Waals surface area contributed by atoms with Crippen molar-refractivity contribution in [1.82, 2.24) is 0 Å². The fourth-order valence-electron chi connectivity index (χ4n) is 3.34. The van der Waals surface area contributed by atoms with Gasteiger partial charge in [-0.2, -0.15) is 5.26 Å². The van der Waals surface area contributed by atoms with E-state index < -0.39 is 0 Å². The molecule has 136 valence electrons. The molecule has 0 spiro atoms. The summed E-state index contributed by atoms with van der Waals surface area (Å²) in [5.41, 5.74) is 3.84. The zero-order chi connectivity index (χ0) is 18.8. The van der Waals surface area contributed by atoms with Gasteiger partial charge in [0.05, 0.1) is 10.0 Å². The number of halogens is 1. The number of benzene rings is 1. The Kier molecular flexibility index (Phi) is 5.69. The summed E-state index contributed by atoms with van der Waals surface area (Å²) < 4.78 is 6.55. The molecule has 1 unspecified atom stereocenters. The van der Waals surface area contributed by atoms with Crippen LogP contribution >= 0.6 is 27.3 Å². The Balaban J connectivity index is 1.71. The van der Waals surface area contributed by atoms with Crippen molar-refractivity contribution in [3.63, 3.8) is 0 Å². The van der Waals surface area contributed by atoms with Crippen LogP contribution in [0.15, 0.2) is 16.6 Å². The number of aryl methyl sites for hydroxylation is 2. The molecule has 1 aromatic carbocycles. The van der Waals surface area contributed by atoms with Gasteiger partial charge in [0.1, 0.15) is 16.8 Å². The van der Waals surface area contributed by atoms with Gasteiger partial charge in [-0.3, -0.25) is 4.79 Å². The summed E-state index contributed by atoms with van der Waals surface area (Å²) >= 11 is 5.01. The van der Waals surface area contributed by atoms with Gasteiger partial charge in [0.2, 0.25) is 0 Å². The monoisotopic (exact) mass is 432 g/mol. The van der Waals surface area contributed by atoms with E-state index in [1.54, 1.807) is 0 Å². The first kappa shape index (κ1) is 18.9. The van der Waals surface area contributed by atoms with Crippen LogP contribution in [0.25, 0.3) is 0 Å². The molecular weight excluding hydrogens is 412 g/mol. The van der Waals surface area contributed by atoms with Gasteiger partial charge in [0.15, 0.2) is 6.61 Å². The number of rotatable bonds is 4. The minimum atomic E-state index is -0.250. The van der Waals surface area contributed by atoms with E-state index in [0.29, 0.717) is 22.2 Å². The standard InChI is InChI=1S/C20H21BrN2O2S/c1-11-4-5-14-15(9-22)20(26-17(14)8-11)23-18(24)10-25-19-13(3)6-12(2)7-16(19)21/h6-7,11H,4-5,8,10H2,1-3H3,(H,23,24). The molecule has 0 saturated heterocycles. The number of nitriles is 1. The van der Waals surface area contributed by atoms with E-state index in [2.05, 4.69) is 34.2 Å². The second kappa shape index (κ2) is 7.81. The van der Waals surface area contributed by atoms with E-state index in [1.165, 1.54) is 16.2 Å². The summed E-state index contributed by atoms with van der Waals surface area (Å²) in [6, 6.07) is 6.24. The minimum Gasteiger partial charge on any atom is -0.482 e. The summed E-state index contributed by atoms with van der Waals surface area (Å²) in [6.45, 7) is 6.10. The van der Waals surface area contributed by atoms with Crippen molar-refractivity contribution < 1.29 is 9.53 Å². The van der Waals surface area contributed by atoms with Gasteiger partial charge < -0.3 is 10.1 Å². The Hall–Kier alpha value is -1.84. The van der Waals surface area contributed by atoms with Crippen molar-refractivity contribution in [3.8, 4) is 11.8 Å². The lowest BCUT2D eigenvalue weighted by atomic mass is 9.89. The molecule has 1 N–H and O–H groups in total. The number of anilines is 1. The second-order valence-electron chi connectivity index (χ2n) is 6.90. The molecule has 26 heavy (non-hydrogen) atoms. The number of thiophene rings is 1. The molecule has 6 heteroatoms. The molecule has 0 aliphatic heterocycles. The summed E-state index contributed by atoms with van der Waals surface area (Å²) in [5.74, 6) is 1.05. The van der Waals surface area contributed by atoms with Crippen LogP contribution in [0.5, 0.6) is 5.75 Å². The van der Waals surface area contributed by atoms with Crippen LogP contribution in [0, 0.1) is 31.1 Å². The van der Waals surface area contributed by atoms with Gasteiger partial charge in [-0.1, -0.05) is 13.0 Å². The average molecular weight is 433 g/mol. The second-order valence-corrected chi connectivity index (χ2v) is 8.86. The van der Waals surface area contributed by atoms with Crippen molar-refractivity contribution in [1.29, 1.82) is 5.26 Å². The molecule has 1 aromatic heterocycles. The number of carbonyl (C=O) groups excluding carboxylic acids is 1. The third kappa shape index (κ3) is 3.94. The molecule has 4 nitrogen and oxygen atoms in total. The van der Waals surface area contributed by atoms with Crippen LogP contribution in [0.4, 0.5) is 5.00 Å². The number of fused-ring (bicyclic) bond motifs is 1. The Bertz CT molecular complexity index is 875. The normalized spacial score (nSPS) is 15.9. The maximum absolute atomic E-state index is 12.4. The molecule has 0 radical (unpaired) electrons. The first-order valence-electron chi connectivity index (χ1n) is 8.63. The Morgan fingerprint density at radius 3 is 2.92 bits per heavy atom. The van der Waals surface area contributed by atoms with Gasteiger partial charge in [0.25, 0.3) is 5.91 Å². The van der Waals surface area contributed by atoms with Gasteiger partial charge >= 0.3 is 0 Å². The van der Waals surface area contributed by atoms with E-state index in [4.69, 9.17) is 4.74 Å². The van der Waals surface area contributed by atoms with E-state index >= 15 is 0 Å². The number of hydrogen-bond acceptors (Lipinski definition) is 4. The Morgan fingerprint density at radius 2 is 2.23 bits per heavy atom. The van der Waals surface area contributed by atoms with Crippen molar-refractivity contribution in [2.75, 3.05) is 11.9 Å². The highest BCUT2D eigenvalue weighted by Gasteiger charge is 2.24. The lowest BCUT2D eigenvalue weighted by molar-refractivity contribution is -0.118. The zero-order valence-corrected chi connectivity index (χ0v) is 17.5. The minimum absolute atomic E-state index is 0.0909. The Morgan fingerprint density at radius 1 is 1.46 bits per heavy atom. The highest BCUT2D eigenvalue weighted by molar-refractivity contribution is 9.10. The zero-order valence-electron chi connectivity index (χ0n) is 15.1. The highest BCUT2D eigenvalue weighted by atomic mass is 79.9. The summed E-state index contributed by atoms with van der Waals surface area (Å²) in [7, 11) is 0. The molecule has 1 aliphatic carbocycles. The topological polar surface area (TPSA) is 62.1 Å². The molecular formula is C20H21BrN2O2S. The third-order valence-corrected chi connectivity index (χ3v) is 6.36. The lowest BCUT2D eigenvalue weighted by Crippen LogP contribution is -2.20. The molecule has 1 atom stereocenters. The van der Waals surface area contributed by atoms with Crippen molar-refractivity contribution in [3.05, 3.63) is 43.7 Å². The average Bonchev–Trinajstić information content (AvgIpc) is 2.89. The number of nitrogens with zero attached hydrogens (tertiary/aromatic N) is 1. The summed E-state index contributed by atoms with van der Waals surface area (Å²) in [4.78, 5) is 13.6. The first-order valence-corrected chi connectivity index (χ1v) is 10.2. The van der Waals surface area contributed by atoms with Crippen LogP contribution in [0.3, 0.4) is 0 Å². The van der Waals surface area contributed by atoms with Crippen LogP contribution in [-0.2, 0) is 17.6 Å². The molecule has 1 heterocycles. The fourth-order valence-corrected chi connectivity index (χ4v) is 5.51. The van der Waals surface area contributed by atoms with E-state index in [9.17, 15) is 10.1 Å². The van der Waals surface area contributed by atoms with Crippen LogP contribution in [-0.4, -0.2) is 12.5 Å². The molecule has 0 saturated carbocycles. The molecule has 1 aliphatic rings. The van der Waals surface area contributed by atoms with E-state index in [0.717, 1.165) is 40.4 Å². The smallest absolute Gasteiger partial charge is 0.262 e. The van der Waals surface area contributed by atoms with Crippen molar-refractivity contribution in [2.24, 2.45) is 5.92 Å². The highest BCUT2D eigenvalue weighted by Crippen LogP contribution is 2.39. The largest absolute Gasteiger partial charge is 0.482 e. The predicted octanol–water partition coefficient (Wildman–Crippen LogP) is 5.14. The Labute approximate surface area is 166 Å². The number of nitrogens with one attached hydrogen (secondary N) is 1. The molecule has 0 fully saturated rings. The SMILES string of the molecule is Cc1cc(C)c(OCC(=O)Nc2sc3c(c2C#N)CCC(C)C3)c(Br)c1. The molecule has 1 amide bonds. The quantitative estimate of drug-likeness (QED) is 0.726. The number of hydrogen-bond donors (Lipinski definition) is 1. The lowest BCUT2D eigenvalue weighted by Gasteiger charge is -2.17. The summed E-state index contributed by atoms with van der Waals surface area (Å²) in [5, 5.41) is 13.0. The molecule has 2 aromatic rings. The van der Waals surface area contributed by atoms with E-state index in [-0.39, 0.29) is 12.5 Å². The van der Waals surface area contributed by atoms with Crippen molar-refractivity contribution >= 4 is 38.2 Å². The van der Waals surface area contributed by atoms with Crippen LogP contribution in [0.1, 0.15) is 40.5 Å². The molecule has 3 rings (SSSR count). The van der Waals surface area contributed by atoms with Gasteiger partial charge in [-0.05, 0) is 77.7 Å². The maximum Gasteiger partial charge on any atom is 0.262 e. The third-order valence-electron chi connectivity index (χ3n) is 4.60. The van der Waals surface area contributed by atoms with Crippen molar-refractivity contribution in [2.45, 2.75) is 40.0 Å². The van der Waals surface area contributed by atoms with Crippen LogP contribution < -0.4 is 10.1 Å². The van der Waals surface area contributed by atoms with Gasteiger partial charge in [-0.15, -0.1) is 11.3 Å². The first-order chi connectivity index (χ1) is 12.4. The van der Waals surface area contributed by atoms with Crippen LogP contribution in [0.2, 0.25) is 0 Å². The van der Waals surface area contributed by atoms with Gasteiger partial charge in [0, 0.05) is 4.88 Å². The number of ether oxygens (including phenoxy) is 1. The van der Waals surface area contributed by atoms with E-state index in [1.807, 2.05) is 26.0 Å². The maximum atomic E-state index is 12.4. The number of amides is 1. The predicted molar refractivity (Wildman–Crippen MR) is 108 cm³/mol. The fraction of sp³-hybridized carbons (Fsp3) is 0.400. The molecule has 0 bridgehead atoms.